The molecule has 0 saturated carbocycles. The molecule has 2 aliphatic rings. The standard InChI is InChI=1S/C18H22N4S/c1-12(2)21-9-7-14(11-21)17-16(15-6-4-5-8-19-15)20-18-22(17)10-13(3)23-18/h4-9,11-13,16-17H,10H2,1-3H3/t13-,16-,17-/m1/s1. The van der Waals surface area contributed by atoms with Gasteiger partial charge >= 0.3 is 0 Å². The topological polar surface area (TPSA) is 33.4 Å². The molecule has 120 valence electrons. The first kappa shape index (κ1) is 14.8. The Hall–Kier alpha value is -1.75. The fraction of sp³-hybridized carbons (Fsp3) is 0.444. The van der Waals surface area contributed by atoms with Crippen LogP contribution in [0.15, 0.2) is 47.8 Å². The van der Waals surface area contributed by atoms with Crippen molar-refractivity contribution in [2.75, 3.05) is 6.54 Å². The molecule has 0 aliphatic carbocycles. The van der Waals surface area contributed by atoms with Gasteiger partial charge in [-0.3, -0.25) is 9.98 Å². The molecule has 4 heterocycles. The number of hydrogen-bond donors (Lipinski definition) is 0. The van der Waals surface area contributed by atoms with Crippen molar-refractivity contribution in [3.8, 4) is 0 Å². The summed E-state index contributed by atoms with van der Waals surface area (Å²) in [4.78, 5) is 12.1. The predicted molar refractivity (Wildman–Crippen MR) is 95.7 cm³/mol. The molecule has 4 rings (SSSR count). The highest BCUT2D eigenvalue weighted by Crippen LogP contribution is 2.47. The monoisotopic (exact) mass is 326 g/mol. The normalized spacial score (nSPS) is 26.7. The maximum absolute atomic E-state index is 5.02. The molecule has 4 nitrogen and oxygen atoms in total. The van der Waals surface area contributed by atoms with Crippen molar-refractivity contribution in [3.05, 3.63) is 54.1 Å². The van der Waals surface area contributed by atoms with Gasteiger partial charge in [-0.2, -0.15) is 0 Å². The van der Waals surface area contributed by atoms with E-state index in [1.165, 1.54) is 10.7 Å². The van der Waals surface area contributed by atoms with Gasteiger partial charge in [0.05, 0.1) is 11.7 Å². The molecule has 5 heteroatoms. The van der Waals surface area contributed by atoms with Gasteiger partial charge in [0.1, 0.15) is 6.04 Å². The maximum atomic E-state index is 5.02. The van der Waals surface area contributed by atoms with Crippen LogP contribution < -0.4 is 0 Å². The molecule has 0 spiro atoms. The molecule has 0 aromatic carbocycles. The smallest absolute Gasteiger partial charge is 0.160 e. The van der Waals surface area contributed by atoms with Crippen LogP contribution in [0.3, 0.4) is 0 Å². The number of thioether (sulfide) groups is 1. The van der Waals surface area contributed by atoms with E-state index in [-0.39, 0.29) is 12.1 Å². The van der Waals surface area contributed by atoms with Crippen molar-refractivity contribution in [1.82, 2.24) is 14.5 Å². The third kappa shape index (κ3) is 2.57. The van der Waals surface area contributed by atoms with Gasteiger partial charge in [0.15, 0.2) is 5.17 Å². The number of pyridine rings is 1. The number of aliphatic imine (C=N–C) groups is 1. The number of hydrogen-bond acceptors (Lipinski definition) is 4. The lowest BCUT2D eigenvalue weighted by Gasteiger charge is -2.26. The van der Waals surface area contributed by atoms with Crippen molar-refractivity contribution >= 4 is 16.9 Å². The molecule has 23 heavy (non-hydrogen) atoms. The Morgan fingerprint density at radius 2 is 2.13 bits per heavy atom. The van der Waals surface area contributed by atoms with E-state index in [2.05, 4.69) is 65.8 Å². The zero-order valence-electron chi connectivity index (χ0n) is 13.8. The first-order chi connectivity index (χ1) is 11.1. The SMILES string of the molecule is CC(C)n1ccc([C@@H]2[C@@H](c3ccccn3)N=C3S[C@H](C)CN32)c1. The molecule has 0 radical (unpaired) electrons. The minimum absolute atomic E-state index is 0.0919. The Kier molecular flexibility index (Phi) is 3.68. The zero-order valence-corrected chi connectivity index (χ0v) is 14.6. The van der Waals surface area contributed by atoms with E-state index >= 15 is 0 Å². The second kappa shape index (κ2) is 5.71. The summed E-state index contributed by atoms with van der Waals surface area (Å²) in [7, 11) is 0. The molecule has 3 atom stereocenters. The van der Waals surface area contributed by atoms with Crippen LogP contribution in [0.5, 0.6) is 0 Å². The average Bonchev–Trinajstić information content (AvgIpc) is 3.21. The average molecular weight is 326 g/mol. The van der Waals surface area contributed by atoms with Crippen molar-refractivity contribution in [2.24, 2.45) is 4.99 Å². The molecule has 0 N–H and O–H groups in total. The van der Waals surface area contributed by atoms with Gasteiger partial charge in [-0.05, 0) is 37.6 Å². The summed E-state index contributed by atoms with van der Waals surface area (Å²) < 4.78 is 2.27. The first-order valence-corrected chi connectivity index (χ1v) is 9.11. The van der Waals surface area contributed by atoms with Crippen molar-refractivity contribution in [1.29, 1.82) is 0 Å². The summed E-state index contributed by atoms with van der Waals surface area (Å²) in [5.74, 6) is 0. The summed E-state index contributed by atoms with van der Waals surface area (Å²) in [6.07, 6.45) is 6.32. The van der Waals surface area contributed by atoms with Crippen molar-refractivity contribution in [2.45, 2.75) is 44.1 Å². The van der Waals surface area contributed by atoms with E-state index in [0.29, 0.717) is 11.3 Å². The van der Waals surface area contributed by atoms with E-state index in [4.69, 9.17) is 4.99 Å². The van der Waals surface area contributed by atoms with Crippen LogP contribution >= 0.6 is 11.8 Å². The maximum Gasteiger partial charge on any atom is 0.160 e. The second-order valence-corrected chi connectivity index (χ2v) is 8.03. The summed E-state index contributed by atoms with van der Waals surface area (Å²) in [5, 5.41) is 1.78. The Morgan fingerprint density at radius 1 is 1.26 bits per heavy atom. The molecule has 2 aromatic rings. The molecule has 2 aliphatic heterocycles. The lowest BCUT2D eigenvalue weighted by Crippen LogP contribution is -2.28. The highest BCUT2D eigenvalue weighted by atomic mass is 32.2. The Bertz CT molecular complexity index is 722. The molecule has 1 fully saturated rings. The van der Waals surface area contributed by atoms with Gasteiger partial charge in [-0.1, -0.05) is 24.8 Å². The van der Waals surface area contributed by atoms with Gasteiger partial charge in [-0.15, -0.1) is 0 Å². The molecular formula is C18H22N4S. The molecular weight excluding hydrogens is 304 g/mol. The minimum atomic E-state index is 0.0919. The van der Waals surface area contributed by atoms with Crippen LogP contribution in [0.1, 0.15) is 50.2 Å². The van der Waals surface area contributed by atoms with Crippen LogP contribution in [0.25, 0.3) is 0 Å². The van der Waals surface area contributed by atoms with Crippen LogP contribution in [-0.2, 0) is 0 Å². The van der Waals surface area contributed by atoms with Gasteiger partial charge in [0, 0.05) is 36.4 Å². The molecule has 0 unspecified atom stereocenters. The second-order valence-electron chi connectivity index (χ2n) is 6.62. The Balaban J connectivity index is 1.74. The van der Waals surface area contributed by atoms with Crippen LogP contribution in [0, 0.1) is 0 Å². The van der Waals surface area contributed by atoms with E-state index in [9.17, 15) is 0 Å². The molecule has 2 aromatic heterocycles. The third-order valence-electron chi connectivity index (χ3n) is 4.56. The van der Waals surface area contributed by atoms with Crippen molar-refractivity contribution < 1.29 is 0 Å². The Labute approximate surface area is 141 Å². The lowest BCUT2D eigenvalue weighted by atomic mass is 9.99. The van der Waals surface area contributed by atoms with E-state index < -0.39 is 0 Å². The summed E-state index contributed by atoms with van der Waals surface area (Å²) >= 11 is 1.89. The van der Waals surface area contributed by atoms with E-state index in [1.54, 1.807) is 0 Å². The quantitative estimate of drug-likeness (QED) is 0.853. The van der Waals surface area contributed by atoms with Crippen molar-refractivity contribution in [3.63, 3.8) is 0 Å². The van der Waals surface area contributed by atoms with Gasteiger partial charge in [-0.25, -0.2) is 0 Å². The summed E-state index contributed by atoms with van der Waals surface area (Å²) in [5.41, 5.74) is 2.40. The van der Waals surface area contributed by atoms with E-state index in [0.717, 1.165) is 12.2 Å². The van der Waals surface area contributed by atoms with Gasteiger partial charge in [0.25, 0.3) is 0 Å². The number of amidine groups is 1. The zero-order chi connectivity index (χ0) is 16.0. The van der Waals surface area contributed by atoms with E-state index in [1.807, 2.05) is 24.0 Å². The third-order valence-corrected chi connectivity index (χ3v) is 5.66. The number of nitrogens with zero attached hydrogens (tertiary/aromatic N) is 4. The number of fused-ring (bicyclic) bond motifs is 1. The largest absolute Gasteiger partial charge is 0.351 e. The van der Waals surface area contributed by atoms with Gasteiger partial charge in [0.2, 0.25) is 0 Å². The molecule has 1 saturated heterocycles. The molecule has 0 amide bonds. The summed E-state index contributed by atoms with van der Waals surface area (Å²) in [6.45, 7) is 7.76. The van der Waals surface area contributed by atoms with Gasteiger partial charge < -0.3 is 9.47 Å². The first-order valence-electron chi connectivity index (χ1n) is 8.23. The van der Waals surface area contributed by atoms with Crippen LogP contribution in [0.2, 0.25) is 0 Å². The highest BCUT2D eigenvalue weighted by molar-refractivity contribution is 8.14. The Morgan fingerprint density at radius 3 is 2.83 bits per heavy atom. The van der Waals surface area contributed by atoms with Crippen LogP contribution in [-0.4, -0.2) is 31.4 Å². The highest BCUT2D eigenvalue weighted by Gasteiger charge is 2.43. The number of aromatic nitrogens is 2. The summed E-state index contributed by atoms with van der Waals surface area (Å²) in [6, 6.07) is 9.19. The van der Waals surface area contributed by atoms with Crippen LogP contribution in [0.4, 0.5) is 0 Å². The minimum Gasteiger partial charge on any atom is -0.351 e. The fourth-order valence-corrected chi connectivity index (χ4v) is 4.50. The fourth-order valence-electron chi connectivity index (χ4n) is 3.40. The number of rotatable bonds is 3. The molecule has 0 bridgehead atoms. The lowest BCUT2D eigenvalue weighted by molar-refractivity contribution is 0.321. The predicted octanol–water partition coefficient (Wildman–Crippen LogP) is 4.05.